The van der Waals surface area contributed by atoms with Gasteiger partial charge < -0.3 is 10.6 Å². The van der Waals surface area contributed by atoms with Gasteiger partial charge in [0.2, 0.25) is 5.91 Å². The van der Waals surface area contributed by atoms with Crippen LogP contribution in [0.15, 0.2) is 0 Å². The predicted molar refractivity (Wildman–Crippen MR) is 66.4 cm³/mol. The second kappa shape index (κ2) is 5.64. The number of hydrogen-bond acceptors (Lipinski definition) is 3. The molecule has 0 unspecified atom stereocenters. The Morgan fingerprint density at radius 1 is 1.31 bits per heavy atom. The normalized spacial score (nSPS) is 19.8. The zero-order chi connectivity index (χ0) is 12.2. The van der Waals surface area contributed by atoms with Gasteiger partial charge in [0.15, 0.2) is 0 Å². The standard InChI is InChI=1S/C12H25N3O/c1-12(2,3)15-7-5-10(6-8-15)14-9-11(16)13-4/h10,14H,5-9H2,1-4H3,(H,13,16). The molecule has 1 saturated heterocycles. The molecule has 0 spiro atoms. The van der Waals surface area contributed by atoms with Gasteiger partial charge in [-0.15, -0.1) is 0 Å². The van der Waals surface area contributed by atoms with E-state index in [0.717, 1.165) is 25.9 Å². The molecule has 0 aromatic heterocycles. The summed E-state index contributed by atoms with van der Waals surface area (Å²) in [5.74, 6) is 0.0678. The number of amides is 1. The van der Waals surface area contributed by atoms with Crippen LogP contribution in [-0.4, -0.2) is 49.1 Å². The molecule has 16 heavy (non-hydrogen) atoms. The molecule has 1 fully saturated rings. The van der Waals surface area contributed by atoms with Crippen molar-refractivity contribution in [2.45, 2.75) is 45.2 Å². The molecule has 94 valence electrons. The largest absolute Gasteiger partial charge is 0.358 e. The molecule has 0 atom stereocenters. The van der Waals surface area contributed by atoms with Gasteiger partial charge >= 0.3 is 0 Å². The van der Waals surface area contributed by atoms with Gasteiger partial charge in [0.1, 0.15) is 0 Å². The monoisotopic (exact) mass is 227 g/mol. The maximum Gasteiger partial charge on any atom is 0.233 e. The van der Waals surface area contributed by atoms with Gasteiger partial charge in [0, 0.05) is 31.7 Å². The van der Waals surface area contributed by atoms with Gasteiger partial charge in [0.05, 0.1) is 6.54 Å². The van der Waals surface area contributed by atoms with E-state index in [0.29, 0.717) is 12.6 Å². The molecule has 0 bridgehead atoms. The van der Waals surface area contributed by atoms with Crippen LogP contribution < -0.4 is 10.6 Å². The second-order valence-electron chi connectivity index (χ2n) is 5.49. The number of nitrogens with zero attached hydrogens (tertiary/aromatic N) is 1. The predicted octanol–water partition coefficient (Wildman–Crippen LogP) is 0.585. The lowest BCUT2D eigenvalue weighted by atomic mass is 9.98. The van der Waals surface area contributed by atoms with Crippen molar-refractivity contribution >= 4 is 5.91 Å². The van der Waals surface area contributed by atoms with Gasteiger partial charge in [-0.1, -0.05) is 0 Å². The van der Waals surface area contributed by atoms with Crippen LogP contribution in [0.3, 0.4) is 0 Å². The highest BCUT2D eigenvalue weighted by Gasteiger charge is 2.26. The summed E-state index contributed by atoms with van der Waals surface area (Å²) in [4.78, 5) is 13.6. The number of likely N-dealkylation sites (N-methyl/N-ethyl adjacent to an activating group) is 1. The Hall–Kier alpha value is -0.610. The summed E-state index contributed by atoms with van der Waals surface area (Å²) in [5.41, 5.74) is 0.270. The summed E-state index contributed by atoms with van der Waals surface area (Å²) in [7, 11) is 1.67. The van der Waals surface area contributed by atoms with E-state index >= 15 is 0 Å². The number of rotatable bonds is 3. The molecule has 1 aliphatic rings. The molecule has 0 saturated carbocycles. The van der Waals surface area contributed by atoms with Crippen LogP contribution in [0.4, 0.5) is 0 Å². The van der Waals surface area contributed by atoms with Crippen LogP contribution in [0.2, 0.25) is 0 Å². The van der Waals surface area contributed by atoms with Gasteiger partial charge in [-0.05, 0) is 33.6 Å². The molecule has 0 radical (unpaired) electrons. The lowest BCUT2D eigenvalue weighted by Gasteiger charge is -2.41. The fourth-order valence-electron chi connectivity index (χ4n) is 2.08. The summed E-state index contributed by atoms with van der Waals surface area (Å²) < 4.78 is 0. The van der Waals surface area contributed by atoms with E-state index in [-0.39, 0.29) is 11.4 Å². The van der Waals surface area contributed by atoms with Gasteiger partial charge in [-0.25, -0.2) is 0 Å². The Morgan fingerprint density at radius 3 is 2.31 bits per heavy atom. The Balaban J connectivity index is 2.25. The van der Waals surface area contributed by atoms with Gasteiger partial charge in [0.25, 0.3) is 0 Å². The molecule has 1 aliphatic heterocycles. The number of carbonyl (C=O) groups is 1. The van der Waals surface area contributed by atoms with Crippen molar-refractivity contribution in [3.05, 3.63) is 0 Å². The number of nitrogens with one attached hydrogen (secondary N) is 2. The quantitative estimate of drug-likeness (QED) is 0.741. The van der Waals surface area contributed by atoms with Crippen LogP contribution in [0.25, 0.3) is 0 Å². The summed E-state index contributed by atoms with van der Waals surface area (Å²) in [6.45, 7) is 9.45. The minimum absolute atomic E-state index is 0.0678. The average Bonchev–Trinajstić information content (AvgIpc) is 2.25. The maximum absolute atomic E-state index is 11.1. The van der Waals surface area contributed by atoms with Gasteiger partial charge in [-0.2, -0.15) is 0 Å². The minimum Gasteiger partial charge on any atom is -0.358 e. The first kappa shape index (κ1) is 13.5. The first-order valence-corrected chi connectivity index (χ1v) is 6.12. The third-order valence-corrected chi connectivity index (χ3v) is 3.27. The minimum atomic E-state index is 0.0678. The number of likely N-dealkylation sites (tertiary alicyclic amines) is 1. The molecule has 1 amide bonds. The van der Waals surface area contributed by atoms with Gasteiger partial charge in [-0.3, -0.25) is 9.69 Å². The topological polar surface area (TPSA) is 44.4 Å². The van der Waals surface area contributed by atoms with Crippen molar-refractivity contribution in [2.75, 3.05) is 26.7 Å². The highest BCUT2D eigenvalue weighted by Crippen LogP contribution is 2.19. The van der Waals surface area contributed by atoms with Crippen LogP contribution in [0.5, 0.6) is 0 Å². The number of piperidine rings is 1. The first-order chi connectivity index (χ1) is 7.43. The summed E-state index contributed by atoms with van der Waals surface area (Å²) in [6.07, 6.45) is 2.27. The molecule has 1 rings (SSSR count). The molecule has 4 heteroatoms. The fourth-order valence-corrected chi connectivity index (χ4v) is 2.08. The molecule has 0 aliphatic carbocycles. The lowest BCUT2D eigenvalue weighted by Crippen LogP contribution is -2.51. The maximum atomic E-state index is 11.1. The summed E-state index contributed by atoms with van der Waals surface area (Å²) in [5, 5.41) is 5.93. The zero-order valence-corrected chi connectivity index (χ0v) is 11.0. The van der Waals surface area contributed by atoms with Crippen molar-refractivity contribution in [3.8, 4) is 0 Å². The Kier molecular flexibility index (Phi) is 4.74. The first-order valence-electron chi connectivity index (χ1n) is 6.12. The van der Waals surface area contributed by atoms with Crippen molar-refractivity contribution in [3.63, 3.8) is 0 Å². The molecular formula is C12H25N3O. The highest BCUT2D eigenvalue weighted by atomic mass is 16.1. The van der Waals surface area contributed by atoms with E-state index in [1.807, 2.05) is 0 Å². The number of carbonyl (C=O) groups excluding carboxylic acids is 1. The molecule has 4 nitrogen and oxygen atoms in total. The molecular weight excluding hydrogens is 202 g/mol. The molecule has 1 heterocycles. The van der Waals surface area contributed by atoms with Crippen LogP contribution in [-0.2, 0) is 4.79 Å². The van der Waals surface area contributed by atoms with Crippen molar-refractivity contribution in [1.82, 2.24) is 15.5 Å². The average molecular weight is 227 g/mol. The van der Waals surface area contributed by atoms with E-state index in [2.05, 4.69) is 36.3 Å². The SMILES string of the molecule is CNC(=O)CNC1CCN(C(C)(C)C)CC1. The third-order valence-electron chi connectivity index (χ3n) is 3.27. The highest BCUT2D eigenvalue weighted by molar-refractivity contribution is 5.77. The van der Waals surface area contributed by atoms with E-state index in [9.17, 15) is 4.79 Å². The molecule has 0 aromatic carbocycles. The van der Waals surface area contributed by atoms with E-state index < -0.39 is 0 Å². The Morgan fingerprint density at radius 2 is 1.88 bits per heavy atom. The number of hydrogen-bond donors (Lipinski definition) is 2. The second-order valence-corrected chi connectivity index (χ2v) is 5.49. The smallest absolute Gasteiger partial charge is 0.233 e. The van der Waals surface area contributed by atoms with E-state index in [1.165, 1.54) is 0 Å². The van der Waals surface area contributed by atoms with Crippen LogP contribution in [0.1, 0.15) is 33.6 Å². The third kappa shape index (κ3) is 4.10. The van der Waals surface area contributed by atoms with Crippen LogP contribution >= 0.6 is 0 Å². The molecule has 2 N–H and O–H groups in total. The van der Waals surface area contributed by atoms with E-state index in [4.69, 9.17) is 0 Å². The van der Waals surface area contributed by atoms with Crippen molar-refractivity contribution in [2.24, 2.45) is 0 Å². The fraction of sp³-hybridized carbons (Fsp3) is 0.917. The lowest BCUT2D eigenvalue weighted by molar-refractivity contribution is -0.119. The van der Waals surface area contributed by atoms with Crippen molar-refractivity contribution < 1.29 is 4.79 Å². The Labute approximate surface area is 98.8 Å². The Bertz CT molecular complexity index is 227. The summed E-state index contributed by atoms with van der Waals surface area (Å²) in [6, 6.07) is 0.496. The van der Waals surface area contributed by atoms with E-state index in [1.54, 1.807) is 7.05 Å². The van der Waals surface area contributed by atoms with Crippen molar-refractivity contribution in [1.29, 1.82) is 0 Å². The summed E-state index contributed by atoms with van der Waals surface area (Å²) >= 11 is 0. The molecule has 0 aromatic rings. The zero-order valence-electron chi connectivity index (χ0n) is 11.0. The van der Waals surface area contributed by atoms with Crippen LogP contribution in [0, 0.1) is 0 Å².